The second kappa shape index (κ2) is 5.42. The molecular formula is C12H20N2O3S. The average molecular weight is 272 g/mol. The maximum Gasteiger partial charge on any atom is 0.246 e. The summed E-state index contributed by atoms with van der Waals surface area (Å²) in [5, 5.41) is 2.95. The van der Waals surface area contributed by atoms with Gasteiger partial charge in [-0.15, -0.1) is 0 Å². The highest BCUT2D eigenvalue weighted by Gasteiger charge is 2.29. The minimum Gasteiger partial charge on any atom is -0.464 e. The van der Waals surface area contributed by atoms with Crippen LogP contribution in [0.15, 0.2) is 15.4 Å². The molecule has 1 aromatic rings. The third-order valence-corrected chi connectivity index (χ3v) is 5.21. The van der Waals surface area contributed by atoms with E-state index >= 15 is 0 Å². The van der Waals surface area contributed by atoms with Crippen LogP contribution in [0.3, 0.4) is 0 Å². The number of hydrogen-bond donors (Lipinski definition) is 1. The fraction of sp³-hybridized carbons (Fsp3) is 0.667. The molecule has 0 saturated carbocycles. The van der Waals surface area contributed by atoms with Gasteiger partial charge in [-0.3, -0.25) is 0 Å². The fourth-order valence-corrected chi connectivity index (χ4v) is 3.99. The molecule has 0 spiro atoms. The van der Waals surface area contributed by atoms with Crippen molar-refractivity contribution < 1.29 is 12.8 Å². The molecule has 1 fully saturated rings. The van der Waals surface area contributed by atoms with E-state index < -0.39 is 10.0 Å². The molecule has 6 heteroatoms. The molecule has 0 radical (unpaired) electrons. The number of rotatable bonds is 4. The minimum atomic E-state index is -3.38. The van der Waals surface area contributed by atoms with E-state index in [1.807, 2.05) is 0 Å². The van der Waals surface area contributed by atoms with Crippen LogP contribution in [0.5, 0.6) is 0 Å². The summed E-state index contributed by atoms with van der Waals surface area (Å²) in [5.74, 6) is 1.14. The Morgan fingerprint density at radius 2 is 2.00 bits per heavy atom. The number of furan rings is 1. The van der Waals surface area contributed by atoms with Crippen molar-refractivity contribution in [3.63, 3.8) is 0 Å². The van der Waals surface area contributed by atoms with E-state index in [0.29, 0.717) is 36.1 Å². The molecule has 0 unspecified atom stereocenters. The van der Waals surface area contributed by atoms with Gasteiger partial charge in [0.2, 0.25) is 10.0 Å². The Bertz CT molecular complexity index is 501. The predicted molar refractivity (Wildman–Crippen MR) is 68.8 cm³/mol. The fourth-order valence-electron chi connectivity index (χ4n) is 2.29. The molecule has 0 bridgehead atoms. The van der Waals surface area contributed by atoms with E-state index in [0.717, 1.165) is 19.3 Å². The van der Waals surface area contributed by atoms with Gasteiger partial charge in [0.1, 0.15) is 16.4 Å². The Kier molecular flexibility index (Phi) is 4.09. The summed E-state index contributed by atoms with van der Waals surface area (Å²) in [6.45, 7) is 3.48. The number of nitrogens with one attached hydrogen (secondary N) is 1. The molecule has 5 nitrogen and oxygen atoms in total. The van der Waals surface area contributed by atoms with Crippen LogP contribution in [0.1, 0.15) is 30.8 Å². The van der Waals surface area contributed by atoms with Gasteiger partial charge < -0.3 is 9.73 Å². The highest BCUT2D eigenvalue weighted by Crippen LogP contribution is 2.25. The smallest absolute Gasteiger partial charge is 0.246 e. The van der Waals surface area contributed by atoms with E-state index in [1.165, 1.54) is 0 Å². The number of nitrogens with zero attached hydrogens (tertiary/aromatic N) is 1. The number of aryl methyl sites for hydroxylation is 1. The summed E-state index contributed by atoms with van der Waals surface area (Å²) in [4.78, 5) is 0.314. The van der Waals surface area contributed by atoms with Crippen molar-refractivity contribution in [3.05, 3.63) is 17.6 Å². The van der Waals surface area contributed by atoms with E-state index in [2.05, 4.69) is 5.32 Å². The summed E-state index contributed by atoms with van der Waals surface area (Å²) in [5.41, 5.74) is 0. The molecule has 1 aromatic heterocycles. The van der Waals surface area contributed by atoms with Crippen molar-refractivity contribution in [1.29, 1.82) is 0 Å². The van der Waals surface area contributed by atoms with E-state index in [9.17, 15) is 8.42 Å². The Hall–Kier alpha value is -0.850. The number of sulfonamides is 1. The zero-order valence-corrected chi connectivity index (χ0v) is 11.7. The molecule has 1 N–H and O–H groups in total. The van der Waals surface area contributed by atoms with Gasteiger partial charge in [-0.2, -0.15) is 4.31 Å². The van der Waals surface area contributed by atoms with Gasteiger partial charge in [0.05, 0.1) is 6.54 Å². The van der Waals surface area contributed by atoms with Gasteiger partial charge in [-0.1, -0.05) is 6.42 Å². The highest BCUT2D eigenvalue weighted by molar-refractivity contribution is 7.89. The second-order valence-electron chi connectivity index (χ2n) is 4.63. The molecule has 1 saturated heterocycles. The van der Waals surface area contributed by atoms with Crippen molar-refractivity contribution in [3.8, 4) is 0 Å². The van der Waals surface area contributed by atoms with Gasteiger partial charge in [-0.25, -0.2) is 8.42 Å². The lowest BCUT2D eigenvalue weighted by atomic mass is 10.2. The first-order chi connectivity index (χ1) is 8.55. The van der Waals surface area contributed by atoms with E-state index in [1.54, 1.807) is 24.3 Å². The molecule has 0 amide bonds. The van der Waals surface area contributed by atoms with E-state index in [-0.39, 0.29) is 0 Å². The third kappa shape index (κ3) is 2.60. The van der Waals surface area contributed by atoms with Crippen molar-refractivity contribution in [2.75, 3.05) is 20.1 Å². The van der Waals surface area contributed by atoms with Crippen LogP contribution < -0.4 is 5.32 Å². The zero-order chi connectivity index (χ0) is 13.2. The van der Waals surface area contributed by atoms with Crippen LogP contribution in [0, 0.1) is 6.92 Å². The van der Waals surface area contributed by atoms with Crippen molar-refractivity contribution in [2.45, 2.75) is 37.6 Å². The summed E-state index contributed by atoms with van der Waals surface area (Å²) < 4.78 is 32.0. The third-order valence-electron chi connectivity index (χ3n) is 3.21. The normalized spacial score (nSPS) is 18.1. The minimum absolute atomic E-state index is 0.314. The molecule has 18 heavy (non-hydrogen) atoms. The standard InChI is InChI=1S/C12H20N2O3S/c1-10-12(8-11(17-10)9-13-2)18(15,16)14-6-4-3-5-7-14/h8,13H,3-7,9H2,1-2H3. The summed E-state index contributed by atoms with van der Waals surface area (Å²) >= 11 is 0. The first-order valence-corrected chi connectivity index (χ1v) is 7.74. The molecule has 0 aliphatic carbocycles. The largest absolute Gasteiger partial charge is 0.464 e. The number of piperidine rings is 1. The van der Waals surface area contributed by atoms with Crippen molar-refractivity contribution in [2.24, 2.45) is 0 Å². The Balaban J connectivity index is 2.28. The first-order valence-electron chi connectivity index (χ1n) is 6.30. The molecule has 1 aliphatic rings. The lowest BCUT2D eigenvalue weighted by Gasteiger charge is -2.25. The quantitative estimate of drug-likeness (QED) is 0.902. The SMILES string of the molecule is CNCc1cc(S(=O)(=O)N2CCCCC2)c(C)o1. The Morgan fingerprint density at radius 1 is 1.33 bits per heavy atom. The topological polar surface area (TPSA) is 62.6 Å². The lowest BCUT2D eigenvalue weighted by molar-refractivity contribution is 0.346. The Labute approximate surface area is 108 Å². The summed E-state index contributed by atoms with van der Waals surface area (Å²) in [6.07, 6.45) is 3.00. The molecule has 1 aliphatic heterocycles. The van der Waals surface area contributed by atoms with Gasteiger partial charge >= 0.3 is 0 Å². The maximum absolute atomic E-state index is 12.5. The van der Waals surface area contributed by atoms with Crippen LogP contribution >= 0.6 is 0 Å². The monoisotopic (exact) mass is 272 g/mol. The molecule has 2 rings (SSSR count). The second-order valence-corrected chi connectivity index (χ2v) is 6.53. The lowest BCUT2D eigenvalue weighted by Crippen LogP contribution is -2.35. The average Bonchev–Trinajstić information content (AvgIpc) is 2.73. The van der Waals surface area contributed by atoms with Crippen LogP contribution in [-0.2, 0) is 16.6 Å². The summed E-state index contributed by atoms with van der Waals surface area (Å²) in [6, 6.07) is 1.63. The highest BCUT2D eigenvalue weighted by atomic mass is 32.2. The molecular weight excluding hydrogens is 252 g/mol. The van der Waals surface area contributed by atoms with Gasteiger partial charge in [0.25, 0.3) is 0 Å². The van der Waals surface area contributed by atoms with Crippen LogP contribution in [0.2, 0.25) is 0 Å². The van der Waals surface area contributed by atoms with Gasteiger partial charge in [0.15, 0.2) is 0 Å². The van der Waals surface area contributed by atoms with Crippen LogP contribution in [0.4, 0.5) is 0 Å². The van der Waals surface area contributed by atoms with Crippen molar-refractivity contribution in [1.82, 2.24) is 9.62 Å². The molecule has 0 atom stereocenters. The van der Waals surface area contributed by atoms with Crippen LogP contribution in [0.25, 0.3) is 0 Å². The molecule has 0 aromatic carbocycles. The van der Waals surface area contributed by atoms with Gasteiger partial charge in [-0.05, 0) is 26.8 Å². The summed E-state index contributed by atoms with van der Waals surface area (Å²) in [7, 11) is -1.58. The van der Waals surface area contributed by atoms with Crippen molar-refractivity contribution >= 4 is 10.0 Å². The van der Waals surface area contributed by atoms with Crippen LogP contribution in [-0.4, -0.2) is 32.9 Å². The first kappa shape index (κ1) is 13.6. The number of hydrogen-bond acceptors (Lipinski definition) is 4. The molecule has 2 heterocycles. The zero-order valence-electron chi connectivity index (χ0n) is 10.9. The van der Waals surface area contributed by atoms with Gasteiger partial charge in [0, 0.05) is 19.2 Å². The maximum atomic E-state index is 12.5. The molecule has 102 valence electrons. The van der Waals surface area contributed by atoms with E-state index in [4.69, 9.17) is 4.42 Å². The predicted octanol–water partition coefficient (Wildman–Crippen LogP) is 1.48. The Morgan fingerprint density at radius 3 is 2.61 bits per heavy atom.